The lowest BCUT2D eigenvalue weighted by atomic mass is 9.89. The van der Waals surface area contributed by atoms with Crippen LogP contribution in [-0.4, -0.2) is 58.4 Å². The molecule has 0 bridgehead atoms. The van der Waals surface area contributed by atoms with Gasteiger partial charge in [0.05, 0.1) is 27.9 Å². The van der Waals surface area contributed by atoms with E-state index in [0.29, 0.717) is 6.54 Å². The number of nitrogens with one attached hydrogen (secondary N) is 1. The summed E-state index contributed by atoms with van der Waals surface area (Å²) in [7, 11) is 4.69. The third-order valence-corrected chi connectivity index (χ3v) is 4.46. The zero-order valence-electron chi connectivity index (χ0n) is 15.5. The standard InChI is InChI=1S/C18H28N2O4.ClH/c1-18(5-6-19-12-18)13-20(11-17(21)24-4)10-14-7-15(22-2)9-16(8-14)23-3;/h7-9,19H,5-6,10-13H2,1-4H3;1H. The fourth-order valence-electron chi connectivity index (χ4n) is 3.17. The maximum Gasteiger partial charge on any atom is 0.319 e. The Labute approximate surface area is 156 Å². The van der Waals surface area contributed by atoms with Gasteiger partial charge in [0.1, 0.15) is 11.5 Å². The molecule has 142 valence electrons. The number of benzene rings is 1. The summed E-state index contributed by atoms with van der Waals surface area (Å²) in [6, 6.07) is 5.79. The molecule has 1 fully saturated rings. The normalized spacial score (nSPS) is 19.4. The van der Waals surface area contributed by atoms with Gasteiger partial charge in [-0.2, -0.15) is 0 Å². The van der Waals surface area contributed by atoms with Gasteiger partial charge in [0.15, 0.2) is 0 Å². The van der Waals surface area contributed by atoms with Crippen LogP contribution in [-0.2, 0) is 16.1 Å². The summed E-state index contributed by atoms with van der Waals surface area (Å²) in [5.41, 5.74) is 1.21. The monoisotopic (exact) mass is 372 g/mol. The number of carbonyl (C=O) groups excluding carboxylic acids is 1. The van der Waals surface area contributed by atoms with E-state index in [9.17, 15) is 4.79 Å². The van der Waals surface area contributed by atoms with Crippen molar-refractivity contribution in [1.29, 1.82) is 0 Å². The van der Waals surface area contributed by atoms with Crippen LogP contribution in [0.3, 0.4) is 0 Å². The van der Waals surface area contributed by atoms with Crippen LogP contribution in [0, 0.1) is 5.41 Å². The maximum atomic E-state index is 11.8. The van der Waals surface area contributed by atoms with Crippen molar-refractivity contribution in [2.45, 2.75) is 19.9 Å². The van der Waals surface area contributed by atoms with Crippen LogP contribution in [0.4, 0.5) is 0 Å². The Morgan fingerprint density at radius 3 is 2.32 bits per heavy atom. The van der Waals surface area contributed by atoms with E-state index >= 15 is 0 Å². The molecule has 25 heavy (non-hydrogen) atoms. The maximum absolute atomic E-state index is 11.8. The number of hydrogen-bond acceptors (Lipinski definition) is 6. The Morgan fingerprint density at radius 2 is 1.84 bits per heavy atom. The zero-order chi connectivity index (χ0) is 17.6. The van der Waals surface area contributed by atoms with E-state index in [1.54, 1.807) is 14.2 Å². The summed E-state index contributed by atoms with van der Waals surface area (Å²) in [6.45, 7) is 5.98. The minimum absolute atomic E-state index is 0. The van der Waals surface area contributed by atoms with Crippen LogP contribution in [0.15, 0.2) is 18.2 Å². The molecule has 1 N–H and O–H groups in total. The molecule has 6 nitrogen and oxygen atoms in total. The minimum Gasteiger partial charge on any atom is -0.497 e. The van der Waals surface area contributed by atoms with E-state index < -0.39 is 0 Å². The van der Waals surface area contributed by atoms with Crippen molar-refractivity contribution in [3.8, 4) is 11.5 Å². The second-order valence-corrected chi connectivity index (χ2v) is 6.68. The molecule has 0 aliphatic carbocycles. The summed E-state index contributed by atoms with van der Waals surface area (Å²) >= 11 is 0. The highest BCUT2D eigenvalue weighted by Crippen LogP contribution is 2.28. The largest absolute Gasteiger partial charge is 0.497 e. The van der Waals surface area contributed by atoms with E-state index in [1.807, 2.05) is 18.2 Å². The number of hydrogen-bond donors (Lipinski definition) is 1. The molecule has 1 aromatic rings. The fraction of sp³-hybridized carbons (Fsp3) is 0.611. The fourth-order valence-corrected chi connectivity index (χ4v) is 3.17. The van der Waals surface area contributed by atoms with Crippen molar-refractivity contribution < 1.29 is 19.0 Å². The Hall–Kier alpha value is -1.50. The summed E-state index contributed by atoms with van der Waals surface area (Å²) in [5.74, 6) is 1.27. The van der Waals surface area contributed by atoms with Gasteiger partial charge in [-0.05, 0) is 36.1 Å². The van der Waals surface area contributed by atoms with Gasteiger partial charge < -0.3 is 19.5 Å². The average Bonchev–Trinajstić information content (AvgIpc) is 3.00. The van der Waals surface area contributed by atoms with Crippen LogP contribution >= 0.6 is 12.4 Å². The van der Waals surface area contributed by atoms with E-state index in [0.717, 1.165) is 43.1 Å². The molecule has 1 aliphatic heterocycles. The lowest BCUT2D eigenvalue weighted by Gasteiger charge is -2.31. The van der Waals surface area contributed by atoms with Gasteiger partial charge in [-0.15, -0.1) is 12.4 Å². The molecule has 0 saturated carbocycles. The molecule has 0 radical (unpaired) electrons. The average molecular weight is 373 g/mol. The van der Waals surface area contributed by atoms with Gasteiger partial charge in [0.25, 0.3) is 0 Å². The number of rotatable bonds is 8. The van der Waals surface area contributed by atoms with E-state index in [1.165, 1.54) is 7.11 Å². The van der Waals surface area contributed by atoms with Gasteiger partial charge >= 0.3 is 5.97 Å². The van der Waals surface area contributed by atoms with Crippen LogP contribution < -0.4 is 14.8 Å². The molecule has 1 saturated heterocycles. The Bertz CT molecular complexity index is 540. The third-order valence-electron chi connectivity index (χ3n) is 4.46. The first-order valence-electron chi connectivity index (χ1n) is 8.20. The topological polar surface area (TPSA) is 60.0 Å². The van der Waals surface area contributed by atoms with Crippen molar-refractivity contribution in [1.82, 2.24) is 10.2 Å². The first-order chi connectivity index (χ1) is 11.5. The van der Waals surface area contributed by atoms with Gasteiger partial charge in [-0.3, -0.25) is 9.69 Å². The summed E-state index contributed by atoms with van der Waals surface area (Å²) in [4.78, 5) is 13.9. The number of esters is 1. The number of halogens is 1. The first-order valence-corrected chi connectivity index (χ1v) is 8.20. The number of methoxy groups -OCH3 is 3. The Morgan fingerprint density at radius 1 is 1.20 bits per heavy atom. The van der Waals surface area contributed by atoms with Gasteiger partial charge in [0.2, 0.25) is 0 Å². The highest BCUT2D eigenvalue weighted by atomic mass is 35.5. The van der Waals surface area contributed by atoms with Crippen molar-refractivity contribution in [2.24, 2.45) is 5.41 Å². The molecule has 1 aliphatic rings. The van der Waals surface area contributed by atoms with Crippen molar-refractivity contribution in [3.05, 3.63) is 23.8 Å². The molecule has 1 atom stereocenters. The second kappa shape index (κ2) is 9.85. The second-order valence-electron chi connectivity index (χ2n) is 6.68. The van der Waals surface area contributed by atoms with Gasteiger partial charge in [-0.25, -0.2) is 0 Å². The predicted molar refractivity (Wildman–Crippen MR) is 99.7 cm³/mol. The highest BCUT2D eigenvalue weighted by Gasteiger charge is 2.31. The predicted octanol–water partition coefficient (Wildman–Crippen LogP) is 2.10. The minimum atomic E-state index is -0.223. The third kappa shape index (κ3) is 6.38. The molecule has 1 unspecified atom stereocenters. The van der Waals surface area contributed by atoms with Crippen molar-refractivity contribution >= 4 is 18.4 Å². The SMILES string of the molecule is COC(=O)CN(Cc1cc(OC)cc(OC)c1)CC1(C)CCNC1.Cl. The van der Waals surface area contributed by atoms with E-state index in [4.69, 9.17) is 14.2 Å². The first kappa shape index (κ1) is 21.5. The summed E-state index contributed by atoms with van der Waals surface area (Å²) in [6.07, 6.45) is 1.10. The van der Waals surface area contributed by atoms with Crippen LogP contribution in [0.25, 0.3) is 0 Å². The zero-order valence-corrected chi connectivity index (χ0v) is 16.3. The lowest BCUT2D eigenvalue weighted by molar-refractivity contribution is -0.142. The smallest absolute Gasteiger partial charge is 0.319 e. The Balaban J connectivity index is 0.00000312. The molecule has 7 heteroatoms. The quantitative estimate of drug-likeness (QED) is 0.705. The van der Waals surface area contributed by atoms with Crippen molar-refractivity contribution in [2.75, 3.05) is 47.5 Å². The summed E-state index contributed by atoms with van der Waals surface area (Å²) in [5, 5.41) is 3.40. The number of carbonyl (C=O) groups is 1. The molecule has 2 rings (SSSR count). The van der Waals surface area contributed by atoms with Crippen LogP contribution in [0.1, 0.15) is 18.9 Å². The molecule has 0 amide bonds. The number of nitrogens with zero attached hydrogens (tertiary/aromatic N) is 1. The molecule has 0 spiro atoms. The molecular formula is C18H29ClN2O4. The van der Waals surface area contributed by atoms with Crippen LogP contribution in [0.5, 0.6) is 11.5 Å². The van der Waals surface area contributed by atoms with Crippen LogP contribution in [0.2, 0.25) is 0 Å². The van der Waals surface area contributed by atoms with E-state index in [2.05, 4.69) is 17.1 Å². The molecule has 0 aromatic heterocycles. The van der Waals surface area contributed by atoms with Gasteiger partial charge in [-0.1, -0.05) is 6.92 Å². The Kier molecular flexibility index (Phi) is 8.48. The molecule has 1 aromatic carbocycles. The number of ether oxygens (including phenoxy) is 3. The highest BCUT2D eigenvalue weighted by molar-refractivity contribution is 5.85. The van der Waals surface area contributed by atoms with E-state index in [-0.39, 0.29) is 30.3 Å². The van der Waals surface area contributed by atoms with Crippen molar-refractivity contribution in [3.63, 3.8) is 0 Å². The lowest BCUT2D eigenvalue weighted by Crippen LogP contribution is -2.40. The molecular weight excluding hydrogens is 344 g/mol. The summed E-state index contributed by atoms with van der Waals surface area (Å²) < 4.78 is 15.5. The molecule has 1 heterocycles. The van der Waals surface area contributed by atoms with Gasteiger partial charge in [0, 0.05) is 25.7 Å².